The number of carbonyl (C=O) groups excluding carboxylic acids is 2. The third kappa shape index (κ3) is 5.47. The third-order valence-electron chi connectivity index (χ3n) is 5.43. The number of ether oxygens (including phenoxy) is 1. The van der Waals surface area contributed by atoms with E-state index in [1.807, 2.05) is 30.9 Å². The van der Waals surface area contributed by atoms with Crippen LogP contribution in [0, 0.1) is 13.8 Å². The Hall–Kier alpha value is -2.80. The lowest BCUT2D eigenvalue weighted by atomic mass is 10.0. The van der Waals surface area contributed by atoms with Crippen LogP contribution in [0.5, 0.6) is 5.75 Å². The van der Waals surface area contributed by atoms with Crippen LogP contribution < -0.4 is 10.1 Å². The van der Waals surface area contributed by atoms with E-state index in [0.717, 1.165) is 23.3 Å². The molecule has 0 saturated heterocycles. The molecule has 1 aliphatic heterocycles. The maximum Gasteiger partial charge on any atom is 0.318 e. The van der Waals surface area contributed by atoms with E-state index < -0.39 is 0 Å². The quantitative estimate of drug-likeness (QED) is 0.628. The Kier molecular flexibility index (Phi) is 7.74. The zero-order chi connectivity index (χ0) is 22.4. The number of thiophene rings is 1. The Morgan fingerprint density at radius 2 is 2.16 bits per heavy atom. The summed E-state index contributed by atoms with van der Waals surface area (Å²) in [5, 5.41) is 4.84. The van der Waals surface area contributed by atoms with E-state index in [9.17, 15) is 9.59 Å². The van der Waals surface area contributed by atoms with Crippen molar-refractivity contribution in [1.82, 2.24) is 15.1 Å². The summed E-state index contributed by atoms with van der Waals surface area (Å²) in [5.74, 6) is 0.746. The number of hydrogen-bond donors (Lipinski definition) is 1. The average molecular weight is 442 g/mol. The van der Waals surface area contributed by atoms with E-state index in [4.69, 9.17) is 4.74 Å². The highest BCUT2D eigenvalue weighted by Gasteiger charge is 2.33. The predicted octanol–water partition coefficient (Wildman–Crippen LogP) is 4.09. The Labute approximate surface area is 188 Å². The highest BCUT2D eigenvalue weighted by atomic mass is 32.1. The molecule has 2 aromatic rings. The highest BCUT2D eigenvalue weighted by molar-refractivity contribution is 7.10. The lowest BCUT2D eigenvalue weighted by Crippen LogP contribution is -2.49. The molecule has 1 aromatic heterocycles. The van der Waals surface area contributed by atoms with E-state index in [2.05, 4.69) is 36.3 Å². The van der Waals surface area contributed by atoms with Gasteiger partial charge in [-0.1, -0.05) is 23.8 Å². The fraction of sp³-hybridized carbons (Fsp3) is 0.417. The minimum absolute atomic E-state index is 0.0113. The normalized spacial score (nSPS) is 15.2. The second kappa shape index (κ2) is 10.5. The Bertz CT molecular complexity index is 940. The van der Waals surface area contributed by atoms with Gasteiger partial charge in [-0.15, -0.1) is 17.9 Å². The summed E-state index contributed by atoms with van der Waals surface area (Å²) in [4.78, 5) is 30.3. The van der Waals surface area contributed by atoms with Gasteiger partial charge in [-0.05, 0) is 55.8 Å². The maximum absolute atomic E-state index is 13.3. The second-order valence-electron chi connectivity index (χ2n) is 7.74. The van der Waals surface area contributed by atoms with Gasteiger partial charge in [0.15, 0.2) is 0 Å². The first kappa shape index (κ1) is 22.9. The van der Waals surface area contributed by atoms with Crippen LogP contribution in [-0.2, 0) is 11.2 Å². The minimum atomic E-state index is -0.257. The van der Waals surface area contributed by atoms with Crippen molar-refractivity contribution in [2.24, 2.45) is 0 Å². The summed E-state index contributed by atoms with van der Waals surface area (Å²) in [6, 6.07) is 7.75. The van der Waals surface area contributed by atoms with Gasteiger partial charge in [-0.25, -0.2) is 4.79 Å². The van der Waals surface area contributed by atoms with Crippen molar-refractivity contribution in [3.8, 4) is 5.75 Å². The van der Waals surface area contributed by atoms with E-state index >= 15 is 0 Å². The Balaban J connectivity index is 1.78. The summed E-state index contributed by atoms with van der Waals surface area (Å²) >= 11 is 1.72. The number of urea groups is 1. The first-order valence-electron chi connectivity index (χ1n) is 10.6. The van der Waals surface area contributed by atoms with Gasteiger partial charge in [0.25, 0.3) is 0 Å². The number of nitrogens with one attached hydrogen (secondary N) is 1. The molecule has 1 atom stereocenters. The third-order valence-corrected chi connectivity index (χ3v) is 6.43. The molecule has 1 aromatic carbocycles. The molecule has 31 heavy (non-hydrogen) atoms. The monoisotopic (exact) mass is 441 g/mol. The van der Waals surface area contributed by atoms with Gasteiger partial charge in [0.2, 0.25) is 5.91 Å². The molecule has 1 unspecified atom stereocenters. The molecule has 1 N–H and O–H groups in total. The smallest absolute Gasteiger partial charge is 0.318 e. The topological polar surface area (TPSA) is 61.9 Å². The lowest BCUT2D eigenvalue weighted by molar-refractivity contribution is -0.135. The standard InChI is InChI=1S/C24H31N3O3S/c1-5-11-26(24(29)25-6-2)15-23(28)27-12-9-22-19(10-13-31-22)20(27)16-30-21-8-7-17(3)14-18(21)4/h5,7-8,10,13-14,20H,1,6,9,11-12,15-16H2,2-4H3,(H,25,29). The number of rotatable bonds is 8. The fourth-order valence-electron chi connectivity index (χ4n) is 3.90. The van der Waals surface area contributed by atoms with Crippen LogP contribution in [0.2, 0.25) is 0 Å². The Morgan fingerprint density at radius 1 is 1.35 bits per heavy atom. The van der Waals surface area contributed by atoms with Gasteiger partial charge in [-0.3, -0.25) is 4.79 Å². The SMILES string of the molecule is C=CCN(CC(=O)N1CCc2sccc2C1COc1ccc(C)cc1C)C(=O)NCC. The molecular formula is C24H31N3O3S. The molecule has 0 radical (unpaired) electrons. The molecule has 2 heterocycles. The van der Waals surface area contributed by atoms with E-state index in [0.29, 0.717) is 26.2 Å². The van der Waals surface area contributed by atoms with Gasteiger partial charge < -0.3 is 19.9 Å². The number of nitrogens with zero attached hydrogens (tertiary/aromatic N) is 2. The number of benzene rings is 1. The van der Waals surface area contributed by atoms with Crippen molar-refractivity contribution in [3.63, 3.8) is 0 Å². The van der Waals surface area contributed by atoms with Crippen LogP contribution in [0.15, 0.2) is 42.3 Å². The number of hydrogen-bond acceptors (Lipinski definition) is 4. The van der Waals surface area contributed by atoms with Crippen molar-refractivity contribution in [1.29, 1.82) is 0 Å². The summed E-state index contributed by atoms with van der Waals surface area (Å²) in [6.45, 7) is 11.5. The number of amides is 3. The van der Waals surface area contributed by atoms with Crippen LogP contribution in [-0.4, -0.2) is 54.5 Å². The van der Waals surface area contributed by atoms with E-state index in [1.165, 1.54) is 15.3 Å². The lowest BCUT2D eigenvalue weighted by Gasteiger charge is -2.37. The number of carbonyl (C=O) groups is 2. The molecular weight excluding hydrogens is 410 g/mol. The molecule has 3 amide bonds. The zero-order valence-electron chi connectivity index (χ0n) is 18.5. The summed E-state index contributed by atoms with van der Waals surface area (Å²) in [5.41, 5.74) is 3.40. The molecule has 7 heteroatoms. The molecule has 3 rings (SSSR count). The maximum atomic E-state index is 13.3. The van der Waals surface area contributed by atoms with Gasteiger partial charge in [0, 0.05) is 24.5 Å². The Morgan fingerprint density at radius 3 is 2.87 bits per heavy atom. The highest BCUT2D eigenvalue weighted by Crippen LogP contribution is 2.34. The fourth-order valence-corrected chi connectivity index (χ4v) is 4.83. The molecule has 0 aliphatic carbocycles. The van der Waals surface area contributed by atoms with E-state index in [1.54, 1.807) is 17.4 Å². The summed E-state index contributed by atoms with van der Waals surface area (Å²) < 4.78 is 6.18. The van der Waals surface area contributed by atoms with Gasteiger partial charge >= 0.3 is 6.03 Å². The molecule has 0 bridgehead atoms. The molecule has 0 fully saturated rings. The van der Waals surface area contributed by atoms with Crippen LogP contribution in [0.25, 0.3) is 0 Å². The average Bonchev–Trinajstić information content (AvgIpc) is 3.22. The molecule has 1 aliphatic rings. The van der Waals surface area contributed by atoms with E-state index in [-0.39, 0.29) is 24.5 Å². The van der Waals surface area contributed by atoms with Crippen LogP contribution in [0.4, 0.5) is 4.79 Å². The molecule has 0 spiro atoms. The van der Waals surface area contributed by atoms with Crippen molar-refractivity contribution in [3.05, 3.63) is 63.9 Å². The van der Waals surface area contributed by atoms with Crippen molar-refractivity contribution < 1.29 is 14.3 Å². The van der Waals surface area contributed by atoms with Crippen LogP contribution in [0.3, 0.4) is 0 Å². The zero-order valence-corrected chi connectivity index (χ0v) is 19.3. The van der Waals surface area contributed by atoms with Crippen molar-refractivity contribution in [2.45, 2.75) is 33.2 Å². The van der Waals surface area contributed by atoms with Gasteiger partial charge in [0.05, 0.1) is 6.04 Å². The largest absolute Gasteiger partial charge is 0.491 e. The summed E-state index contributed by atoms with van der Waals surface area (Å²) in [7, 11) is 0. The van der Waals surface area contributed by atoms with Gasteiger partial charge in [-0.2, -0.15) is 0 Å². The molecule has 0 saturated carbocycles. The molecule has 6 nitrogen and oxygen atoms in total. The van der Waals surface area contributed by atoms with Crippen LogP contribution >= 0.6 is 11.3 Å². The van der Waals surface area contributed by atoms with Crippen molar-refractivity contribution >= 4 is 23.3 Å². The number of fused-ring (bicyclic) bond motifs is 1. The summed E-state index contributed by atoms with van der Waals surface area (Å²) in [6.07, 6.45) is 2.46. The second-order valence-corrected chi connectivity index (χ2v) is 8.74. The number of aryl methyl sites for hydroxylation is 2. The first-order chi connectivity index (χ1) is 14.9. The predicted molar refractivity (Wildman–Crippen MR) is 125 cm³/mol. The first-order valence-corrected chi connectivity index (χ1v) is 11.5. The van der Waals surface area contributed by atoms with Crippen LogP contribution in [0.1, 0.15) is 34.5 Å². The minimum Gasteiger partial charge on any atom is -0.491 e. The van der Waals surface area contributed by atoms with Crippen molar-refractivity contribution in [2.75, 3.05) is 32.8 Å². The molecule has 166 valence electrons. The van der Waals surface area contributed by atoms with Gasteiger partial charge in [0.1, 0.15) is 18.9 Å².